The molecule has 10 heteroatoms. The molecular weight excluding hydrogens is 550 g/mol. The molecule has 3 aromatic carbocycles. The van der Waals surface area contributed by atoms with E-state index in [1.807, 2.05) is 30.3 Å². The monoisotopic (exact) mass is 579 g/mol. The maximum absolute atomic E-state index is 14.0. The molecule has 1 aliphatic heterocycles. The van der Waals surface area contributed by atoms with Gasteiger partial charge in [0.2, 0.25) is 11.8 Å². The average molecular weight is 580 g/mol. The maximum Gasteiger partial charge on any atom is 0.269 e. The molecule has 1 saturated carbocycles. The van der Waals surface area contributed by atoms with Gasteiger partial charge in [-0.3, -0.25) is 14.4 Å². The number of rotatable bonds is 9. The fourth-order valence-corrected chi connectivity index (χ4v) is 7.09. The number of hydrogen-bond donors (Lipinski definition) is 1. The van der Waals surface area contributed by atoms with Crippen LogP contribution in [0.25, 0.3) is 0 Å². The first kappa shape index (κ1) is 27.9. The van der Waals surface area contributed by atoms with E-state index in [1.54, 1.807) is 30.3 Å². The number of carbonyl (C=O) groups is 3. The zero-order valence-electron chi connectivity index (χ0n) is 21.8. The van der Waals surface area contributed by atoms with Crippen LogP contribution in [0.4, 0.5) is 0 Å². The van der Waals surface area contributed by atoms with Gasteiger partial charge in [0.25, 0.3) is 15.9 Å². The van der Waals surface area contributed by atoms with Crippen LogP contribution in [0.3, 0.4) is 0 Å². The Morgan fingerprint density at radius 1 is 0.950 bits per heavy atom. The van der Waals surface area contributed by atoms with Gasteiger partial charge >= 0.3 is 0 Å². The predicted octanol–water partition coefficient (Wildman–Crippen LogP) is 4.18. The van der Waals surface area contributed by atoms with Gasteiger partial charge in [-0.05, 0) is 48.2 Å². The topological polar surface area (TPSA) is 104 Å². The van der Waals surface area contributed by atoms with E-state index >= 15 is 0 Å². The number of nitrogens with one attached hydrogen (secondary N) is 1. The summed E-state index contributed by atoms with van der Waals surface area (Å²) in [5.74, 6) is -1.74. The van der Waals surface area contributed by atoms with Gasteiger partial charge in [-0.25, -0.2) is 12.7 Å². The van der Waals surface area contributed by atoms with E-state index in [0.717, 1.165) is 31.2 Å². The molecule has 1 atom stereocenters. The van der Waals surface area contributed by atoms with E-state index in [4.69, 9.17) is 11.6 Å². The van der Waals surface area contributed by atoms with Gasteiger partial charge in [0.15, 0.2) is 0 Å². The lowest BCUT2D eigenvalue weighted by atomic mass is 10.0. The predicted molar refractivity (Wildman–Crippen MR) is 151 cm³/mol. The third-order valence-electron chi connectivity index (χ3n) is 7.41. The van der Waals surface area contributed by atoms with Crippen LogP contribution < -0.4 is 5.32 Å². The summed E-state index contributed by atoms with van der Waals surface area (Å²) in [6, 6.07) is 21.2. The van der Waals surface area contributed by atoms with Crippen LogP contribution in [0, 0.1) is 0 Å². The van der Waals surface area contributed by atoms with Crippen LogP contribution in [0.2, 0.25) is 5.02 Å². The summed E-state index contributed by atoms with van der Waals surface area (Å²) in [6.45, 7) is -0.720. The molecule has 1 N–H and O–H groups in total. The average Bonchev–Trinajstić information content (AvgIpc) is 3.52. The first-order valence-corrected chi connectivity index (χ1v) is 15.1. The Morgan fingerprint density at radius 2 is 1.62 bits per heavy atom. The van der Waals surface area contributed by atoms with Gasteiger partial charge in [-0.2, -0.15) is 0 Å². The van der Waals surface area contributed by atoms with Crippen LogP contribution >= 0.6 is 11.6 Å². The van der Waals surface area contributed by atoms with Crippen LogP contribution in [0.15, 0.2) is 83.8 Å². The second-order valence-electron chi connectivity index (χ2n) is 10.2. The molecule has 0 unspecified atom stereocenters. The lowest BCUT2D eigenvalue weighted by molar-refractivity contribution is -0.141. The van der Waals surface area contributed by atoms with Gasteiger partial charge in [-0.1, -0.05) is 79.0 Å². The first-order chi connectivity index (χ1) is 19.2. The maximum atomic E-state index is 14.0. The second-order valence-corrected chi connectivity index (χ2v) is 12.4. The minimum atomic E-state index is -4.21. The van der Waals surface area contributed by atoms with Crippen molar-refractivity contribution in [2.45, 2.75) is 55.6 Å². The molecule has 0 bridgehead atoms. The van der Waals surface area contributed by atoms with Gasteiger partial charge in [0.05, 0.1) is 5.56 Å². The largest absolute Gasteiger partial charge is 0.352 e. The van der Waals surface area contributed by atoms with Crippen LogP contribution in [-0.4, -0.2) is 54.0 Å². The molecule has 3 amide bonds. The molecule has 1 heterocycles. The molecule has 3 aromatic rings. The van der Waals surface area contributed by atoms with Crippen LogP contribution in [-0.2, 0) is 32.6 Å². The Kier molecular flexibility index (Phi) is 8.23. The van der Waals surface area contributed by atoms with E-state index in [-0.39, 0.29) is 35.4 Å². The van der Waals surface area contributed by atoms with Crippen LogP contribution in [0.1, 0.15) is 47.2 Å². The lowest BCUT2D eigenvalue weighted by Crippen LogP contribution is -2.54. The van der Waals surface area contributed by atoms with Gasteiger partial charge in [0, 0.05) is 24.0 Å². The number of hydrogen-bond acceptors (Lipinski definition) is 5. The molecular formula is C30H30ClN3O5S. The highest BCUT2D eigenvalue weighted by Crippen LogP contribution is 2.30. The number of nitrogens with zero attached hydrogens (tertiary/aromatic N) is 2. The zero-order valence-corrected chi connectivity index (χ0v) is 23.4. The standard InChI is InChI=1S/C30H30ClN3O5S/c31-23-12-8-11-22(17-23)19-33(28(35)20-34-30(37)25-15-6-7-16-27(25)40(34,38)39)26(18-21-9-2-1-3-10-21)29(36)32-24-13-4-5-14-24/h1-3,6-12,15-17,24,26H,4-5,13-14,18-20H2,(H,32,36)/t26-/m1/s1. The first-order valence-electron chi connectivity index (χ1n) is 13.3. The van der Waals surface area contributed by atoms with Crippen molar-refractivity contribution in [2.24, 2.45) is 0 Å². The van der Waals surface area contributed by atoms with E-state index in [2.05, 4.69) is 5.32 Å². The quantitative estimate of drug-likeness (QED) is 0.409. The normalized spacial score (nSPS) is 16.9. The number of sulfonamides is 1. The van der Waals surface area contributed by atoms with E-state index in [0.29, 0.717) is 14.9 Å². The Labute approximate surface area is 239 Å². The third-order valence-corrected chi connectivity index (χ3v) is 9.43. The molecule has 208 valence electrons. The third kappa shape index (κ3) is 5.90. The van der Waals surface area contributed by atoms with E-state index in [1.165, 1.54) is 23.1 Å². The van der Waals surface area contributed by atoms with Crippen LogP contribution in [0.5, 0.6) is 0 Å². The molecule has 0 saturated heterocycles. The van der Waals surface area contributed by atoms with Crippen molar-refractivity contribution in [1.82, 2.24) is 14.5 Å². The van der Waals surface area contributed by atoms with Crippen molar-refractivity contribution in [3.63, 3.8) is 0 Å². The molecule has 0 aromatic heterocycles. The zero-order chi connectivity index (χ0) is 28.3. The SMILES string of the molecule is O=C(NC1CCCC1)[C@@H](Cc1ccccc1)N(Cc1cccc(Cl)c1)C(=O)CN1C(=O)c2ccccc2S1(=O)=O. The lowest BCUT2D eigenvalue weighted by Gasteiger charge is -2.33. The highest BCUT2D eigenvalue weighted by Gasteiger charge is 2.43. The van der Waals surface area contributed by atoms with Crippen molar-refractivity contribution < 1.29 is 22.8 Å². The number of benzene rings is 3. The summed E-state index contributed by atoms with van der Waals surface area (Å²) >= 11 is 6.22. The number of amides is 3. The van der Waals surface area contributed by atoms with Gasteiger partial charge in [-0.15, -0.1) is 0 Å². The molecule has 40 heavy (non-hydrogen) atoms. The molecule has 1 aliphatic carbocycles. The van der Waals surface area contributed by atoms with Gasteiger partial charge < -0.3 is 10.2 Å². The summed E-state index contributed by atoms with van der Waals surface area (Å²) in [6.07, 6.45) is 3.99. The van der Waals surface area contributed by atoms with Gasteiger partial charge in [0.1, 0.15) is 17.5 Å². The Bertz CT molecular complexity index is 1520. The number of fused-ring (bicyclic) bond motifs is 1. The van der Waals surface area contributed by atoms with Crippen molar-refractivity contribution in [3.05, 3.63) is 101 Å². The Balaban J connectivity index is 1.50. The fourth-order valence-electron chi connectivity index (χ4n) is 5.35. The number of halogens is 1. The minimum absolute atomic E-state index is 0.00397. The Morgan fingerprint density at radius 3 is 2.33 bits per heavy atom. The molecule has 1 fully saturated rings. The second kappa shape index (κ2) is 11.8. The smallest absolute Gasteiger partial charge is 0.269 e. The van der Waals surface area contributed by atoms with Crippen molar-refractivity contribution >= 4 is 39.3 Å². The number of carbonyl (C=O) groups excluding carboxylic acids is 3. The molecule has 5 rings (SSSR count). The van der Waals surface area contributed by atoms with E-state index < -0.39 is 34.4 Å². The molecule has 0 spiro atoms. The van der Waals surface area contributed by atoms with Crippen molar-refractivity contribution in [3.8, 4) is 0 Å². The van der Waals surface area contributed by atoms with Crippen molar-refractivity contribution in [2.75, 3.05) is 6.54 Å². The molecule has 0 radical (unpaired) electrons. The molecule has 8 nitrogen and oxygen atoms in total. The highest BCUT2D eigenvalue weighted by molar-refractivity contribution is 7.90. The van der Waals surface area contributed by atoms with E-state index in [9.17, 15) is 22.8 Å². The summed E-state index contributed by atoms with van der Waals surface area (Å²) in [4.78, 5) is 42.1. The highest BCUT2D eigenvalue weighted by atomic mass is 35.5. The summed E-state index contributed by atoms with van der Waals surface area (Å²) < 4.78 is 27.0. The summed E-state index contributed by atoms with van der Waals surface area (Å²) in [5.41, 5.74) is 1.54. The summed E-state index contributed by atoms with van der Waals surface area (Å²) in [7, 11) is -4.21. The Hall–Kier alpha value is -3.69. The van der Waals surface area contributed by atoms with Crippen molar-refractivity contribution in [1.29, 1.82) is 0 Å². The molecule has 2 aliphatic rings. The minimum Gasteiger partial charge on any atom is -0.352 e. The summed E-state index contributed by atoms with van der Waals surface area (Å²) in [5, 5.41) is 3.57. The fraction of sp³-hybridized carbons (Fsp3) is 0.300.